The highest BCUT2D eigenvalue weighted by atomic mass is 32.1. The van der Waals surface area contributed by atoms with Crippen LogP contribution in [-0.2, 0) is 0 Å². The lowest BCUT2D eigenvalue weighted by atomic mass is 10.2. The van der Waals surface area contributed by atoms with Crippen molar-refractivity contribution in [1.29, 1.82) is 0 Å². The Hall–Kier alpha value is -1.94. The minimum atomic E-state index is 0.800. The lowest BCUT2D eigenvalue weighted by Gasteiger charge is -1.90. The van der Waals surface area contributed by atoms with Gasteiger partial charge in [0.2, 0.25) is 0 Å². The highest BCUT2D eigenvalue weighted by molar-refractivity contribution is 7.13. The number of aromatic nitrogens is 2. The summed E-state index contributed by atoms with van der Waals surface area (Å²) >= 11 is 1.64. The van der Waals surface area contributed by atoms with Crippen molar-refractivity contribution in [2.75, 3.05) is 0 Å². The molecule has 0 unspecified atom stereocenters. The quantitative estimate of drug-likeness (QED) is 0.674. The van der Waals surface area contributed by atoms with Crippen molar-refractivity contribution >= 4 is 11.3 Å². The first-order valence-electron chi connectivity index (χ1n) is 4.84. The van der Waals surface area contributed by atoms with Crippen molar-refractivity contribution < 1.29 is 4.52 Å². The third kappa shape index (κ3) is 1.63. The third-order valence-electron chi connectivity index (χ3n) is 2.23. The van der Waals surface area contributed by atoms with Crippen LogP contribution in [0, 0.1) is 0 Å². The summed E-state index contributed by atoms with van der Waals surface area (Å²) in [5, 5.41) is 6.05. The molecule has 3 nitrogen and oxygen atoms in total. The van der Waals surface area contributed by atoms with Crippen molar-refractivity contribution in [3.05, 3.63) is 48.1 Å². The molecular formula is C12H8N2OS. The maximum atomic E-state index is 5.30. The van der Waals surface area contributed by atoms with Gasteiger partial charge in [0.05, 0.1) is 4.88 Å². The third-order valence-corrected chi connectivity index (χ3v) is 3.12. The summed E-state index contributed by atoms with van der Waals surface area (Å²) in [6, 6.07) is 9.78. The molecule has 0 fully saturated rings. The molecule has 4 heteroatoms. The van der Waals surface area contributed by atoms with E-state index in [4.69, 9.17) is 4.52 Å². The smallest absolute Gasteiger partial charge is 0.177 e. The Kier molecular flexibility index (Phi) is 2.27. The average Bonchev–Trinajstić information content (AvgIpc) is 3.01. The van der Waals surface area contributed by atoms with Gasteiger partial charge in [-0.15, -0.1) is 11.3 Å². The van der Waals surface area contributed by atoms with Crippen LogP contribution in [0.2, 0.25) is 0 Å². The summed E-state index contributed by atoms with van der Waals surface area (Å²) in [4.78, 5) is 5.14. The first kappa shape index (κ1) is 9.30. The molecule has 16 heavy (non-hydrogen) atoms. The zero-order valence-corrected chi connectivity index (χ0v) is 9.15. The number of rotatable bonds is 2. The fraction of sp³-hybridized carbons (Fsp3) is 0. The molecule has 0 aromatic carbocycles. The Labute approximate surface area is 96.4 Å². The molecule has 3 rings (SSSR count). The van der Waals surface area contributed by atoms with Gasteiger partial charge in [0.25, 0.3) is 0 Å². The van der Waals surface area contributed by atoms with E-state index in [0.29, 0.717) is 0 Å². The predicted molar refractivity (Wildman–Crippen MR) is 63.0 cm³/mol. The van der Waals surface area contributed by atoms with E-state index in [1.807, 2.05) is 35.7 Å². The maximum absolute atomic E-state index is 5.30. The molecule has 78 valence electrons. The second kappa shape index (κ2) is 3.90. The van der Waals surface area contributed by atoms with Gasteiger partial charge < -0.3 is 4.52 Å². The van der Waals surface area contributed by atoms with E-state index < -0.39 is 0 Å². The Bertz CT molecular complexity index is 572. The Morgan fingerprint density at radius 1 is 1.19 bits per heavy atom. The van der Waals surface area contributed by atoms with Gasteiger partial charge in [-0.25, -0.2) is 0 Å². The van der Waals surface area contributed by atoms with Crippen LogP contribution in [-0.4, -0.2) is 10.1 Å². The predicted octanol–water partition coefficient (Wildman–Crippen LogP) is 3.47. The van der Waals surface area contributed by atoms with Gasteiger partial charge in [-0.1, -0.05) is 11.2 Å². The summed E-state index contributed by atoms with van der Waals surface area (Å²) in [5.41, 5.74) is 1.78. The zero-order chi connectivity index (χ0) is 10.8. The topological polar surface area (TPSA) is 38.9 Å². The van der Waals surface area contributed by atoms with Crippen molar-refractivity contribution in [2.45, 2.75) is 0 Å². The molecule has 0 saturated carbocycles. The van der Waals surface area contributed by atoms with E-state index in [0.717, 1.165) is 21.9 Å². The molecule has 0 aliphatic carbocycles. The lowest BCUT2D eigenvalue weighted by molar-refractivity contribution is 0.436. The van der Waals surface area contributed by atoms with Gasteiger partial charge >= 0.3 is 0 Å². The maximum Gasteiger partial charge on any atom is 0.177 e. The highest BCUT2D eigenvalue weighted by Gasteiger charge is 2.08. The number of hydrogen-bond acceptors (Lipinski definition) is 4. The van der Waals surface area contributed by atoms with Crippen molar-refractivity contribution in [1.82, 2.24) is 10.1 Å². The summed E-state index contributed by atoms with van der Waals surface area (Å²) in [7, 11) is 0. The Morgan fingerprint density at radius 2 is 2.19 bits per heavy atom. The first-order chi connectivity index (χ1) is 7.93. The largest absolute Gasteiger partial charge is 0.355 e. The molecule has 3 aromatic heterocycles. The van der Waals surface area contributed by atoms with Gasteiger partial charge in [-0.3, -0.25) is 4.98 Å². The summed E-state index contributed by atoms with van der Waals surface area (Å²) in [6.07, 6.45) is 3.51. The molecule has 0 N–H and O–H groups in total. The minimum absolute atomic E-state index is 0.800. The van der Waals surface area contributed by atoms with Crippen molar-refractivity contribution in [2.24, 2.45) is 0 Å². The first-order valence-corrected chi connectivity index (χ1v) is 5.72. The molecule has 3 heterocycles. The molecule has 0 aliphatic rings. The van der Waals surface area contributed by atoms with E-state index in [1.54, 1.807) is 23.7 Å². The standard InChI is InChI=1S/C12H8N2OS/c1-3-9(8-13-5-1)10-7-11(15-14-10)12-4-2-6-16-12/h1-8H. The highest BCUT2D eigenvalue weighted by Crippen LogP contribution is 2.28. The number of thiophene rings is 1. The second-order valence-electron chi connectivity index (χ2n) is 3.30. The van der Waals surface area contributed by atoms with Gasteiger partial charge in [0.1, 0.15) is 5.69 Å². The molecule has 0 spiro atoms. The molecule has 0 atom stereocenters. The molecule has 0 saturated heterocycles. The van der Waals surface area contributed by atoms with Crippen LogP contribution in [0.3, 0.4) is 0 Å². The van der Waals surface area contributed by atoms with Gasteiger partial charge in [-0.05, 0) is 23.6 Å². The second-order valence-corrected chi connectivity index (χ2v) is 4.24. The fourth-order valence-corrected chi connectivity index (χ4v) is 2.13. The van der Waals surface area contributed by atoms with Crippen molar-refractivity contribution in [3.8, 4) is 21.9 Å². The van der Waals surface area contributed by atoms with Crippen LogP contribution in [0.5, 0.6) is 0 Å². The summed E-state index contributed by atoms with van der Waals surface area (Å²) in [6.45, 7) is 0. The number of hydrogen-bond donors (Lipinski definition) is 0. The van der Waals surface area contributed by atoms with Crippen LogP contribution in [0.15, 0.2) is 52.6 Å². The van der Waals surface area contributed by atoms with Crippen LogP contribution < -0.4 is 0 Å². The monoisotopic (exact) mass is 228 g/mol. The summed E-state index contributed by atoms with van der Waals surface area (Å²) in [5.74, 6) is 0.800. The van der Waals surface area contributed by atoms with E-state index in [-0.39, 0.29) is 0 Å². The minimum Gasteiger partial charge on any atom is -0.355 e. The summed E-state index contributed by atoms with van der Waals surface area (Å²) < 4.78 is 5.30. The van der Waals surface area contributed by atoms with Gasteiger partial charge in [0, 0.05) is 24.0 Å². The van der Waals surface area contributed by atoms with E-state index in [2.05, 4.69) is 10.1 Å². The number of nitrogens with zero attached hydrogens (tertiary/aromatic N) is 2. The van der Waals surface area contributed by atoms with Crippen LogP contribution in [0.1, 0.15) is 0 Å². The lowest BCUT2D eigenvalue weighted by Crippen LogP contribution is -1.76. The Balaban J connectivity index is 2.00. The zero-order valence-electron chi connectivity index (χ0n) is 8.33. The van der Waals surface area contributed by atoms with Crippen molar-refractivity contribution in [3.63, 3.8) is 0 Å². The van der Waals surface area contributed by atoms with Gasteiger partial charge in [-0.2, -0.15) is 0 Å². The van der Waals surface area contributed by atoms with Gasteiger partial charge in [0.15, 0.2) is 5.76 Å². The number of pyridine rings is 1. The normalized spacial score (nSPS) is 10.5. The molecule has 0 amide bonds. The van der Waals surface area contributed by atoms with Crippen LogP contribution in [0.25, 0.3) is 21.9 Å². The van der Waals surface area contributed by atoms with Crippen LogP contribution >= 0.6 is 11.3 Å². The average molecular weight is 228 g/mol. The van der Waals surface area contributed by atoms with E-state index >= 15 is 0 Å². The molecular weight excluding hydrogens is 220 g/mol. The SMILES string of the molecule is c1cncc(-c2cc(-c3cccs3)on2)c1. The van der Waals surface area contributed by atoms with Crippen LogP contribution in [0.4, 0.5) is 0 Å². The molecule has 0 aliphatic heterocycles. The van der Waals surface area contributed by atoms with E-state index in [1.165, 1.54) is 0 Å². The fourth-order valence-electron chi connectivity index (χ4n) is 1.46. The molecule has 0 bridgehead atoms. The Morgan fingerprint density at radius 3 is 2.94 bits per heavy atom. The molecule has 3 aromatic rings. The van der Waals surface area contributed by atoms with E-state index in [9.17, 15) is 0 Å². The molecule has 0 radical (unpaired) electrons.